The molecule has 1 aliphatic heterocycles. The van der Waals surface area contributed by atoms with E-state index < -0.39 is 47.8 Å². The van der Waals surface area contributed by atoms with Gasteiger partial charge in [-0.15, -0.1) is 11.8 Å². The summed E-state index contributed by atoms with van der Waals surface area (Å²) in [5, 5.41) is 4.02. The first-order chi connectivity index (χ1) is 36.0. The van der Waals surface area contributed by atoms with E-state index in [-0.39, 0.29) is 55.0 Å². The van der Waals surface area contributed by atoms with E-state index in [2.05, 4.69) is 51.6 Å². The Hall–Kier alpha value is -2.50. The molecule has 13 heteroatoms. The van der Waals surface area contributed by atoms with Crippen LogP contribution < -0.4 is 0 Å². The van der Waals surface area contributed by atoms with Crippen LogP contribution in [-0.2, 0) is 42.9 Å². The number of hydrogen-bond donors (Lipinski definition) is 0. The molecule has 2 aliphatic rings. The van der Waals surface area contributed by atoms with Gasteiger partial charge in [0.2, 0.25) is 0 Å². The Morgan fingerprint density at radius 1 is 0.486 bits per heavy atom. The Labute approximate surface area is 456 Å². The largest absolute Gasteiger partial charge is 0.463 e. The molecule has 1 saturated carbocycles. The fourth-order valence-corrected chi connectivity index (χ4v) is 12.4. The van der Waals surface area contributed by atoms with Crippen molar-refractivity contribution in [3.63, 3.8) is 0 Å². The minimum absolute atomic E-state index is 0.0829. The van der Waals surface area contributed by atoms with Gasteiger partial charge in [-0.1, -0.05) is 252 Å². The molecule has 74 heavy (non-hydrogen) atoms. The van der Waals surface area contributed by atoms with E-state index in [1.54, 1.807) is 0 Å². The minimum Gasteiger partial charge on any atom is -0.463 e. The molecule has 0 aromatic rings. The molecule has 1 aliphatic carbocycles. The predicted molar refractivity (Wildman–Crippen MR) is 304 cm³/mol. The van der Waals surface area contributed by atoms with E-state index >= 15 is 0 Å². The van der Waals surface area contributed by atoms with E-state index in [4.69, 9.17) is 23.7 Å². The van der Waals surface area contributed by atoms with Gasteiger partial charge in [-0.3, -0.25) is 19.2 Å². The van der Waals surface area contributed by atoms with Crippen LogP contribution in [0.4, 0.5) is 0 Å². The van der Waals surface area contributed by atoms with Crippen molar-refractivity contribution in [2.45, 2.75) is 352 Å². The molecule has 0 spiro atoms. The number of ether oxygens (including phenoxy) is 5. The lowest BCUT2D eigenvalue weighted by Crippen LogP contribution is -2.62. The Kier molecular flexibility index (Phi) is 40.6. The topological polar surface area (TPSA) is 163 Å². The van der Waals surface area contributed by atoms with E-state index in [1.165, 1.54) is 140 Å². The number of nitrogens with zero attached hydrogens (tertiary/aromatic N) is 3. The lowest BCUT2D eigenvalue weighted by molar-refractivity contribution is -0.239. The van der Waals surface area contributed by atoms with Crippen LogP contribution in [0.15, 0.2) is 5.11 Å². The SMILES string of the molecule is CCCCCCCCCCCC(=O)OC[C@H]1O[C@@H](S[C@@H]2C[C@H](N=[N+]=[N-])CC2(C)C)[C@H](OC(=O)CCCCCCCCCCC)[C@@H](OC(=O)CCCCCCCCCCC)[C@H]1OC(=O)CCCCCCCCCCC. The van der Waals surface area contributed by atoms with Crippen LogP contribution in [0, 0.1) is 5.41 Å². The van der Waals surface area contributed by atoms with Crippen molar-refractivity contribution < 1.29 is 42.9 Å². The number of carbonyl (C=O) groups excluding carboxylic acids is 4. The van der Waals surface area contributed by atoms with Gasteiger partial charge in [0.15, 0.2) is 18.3 Å². The van der Waals surface area contributed by atoms with Crippen molar-refractivity contribution in [1.29, 1.82) is 0 Å². The van der Waals surface area contributed by atoms with Gasteiger partial charge in [-0.05, 0) is 49.5 Å². The molecule has 2 fully saturated rings. The molecule has 0 unspecified atom stereocenters. The van der Waals surface area contributed by atoms with Gasteiger partial charge in [0.25, 0.3) is 0 Å². The molecule has 0 aromatic carbocycles. The summed E-state index contributed by atoms with van der Waals surface area (Å²) in [5.41, 5.74) is 8.26. The van der Waals surface area contributed by atoms with Crippen LogP contribution in [0.25, 0.3) is 10.4 Å². The van der Waals surface area contributed by atoms with Crippen molar-refractivity contribution in [3.8, 4) is 0 Å². The first-order valence-corrected chi connectivity index (χ1v) is 32.0. The zero-order chi connectivity index (χ0) is 53.9. The third kappa shape index (κ3) is 32.3. The smallest absolute Gasteiger partial charge is 0.306 e. The van der Waals surface area contributed by atoms with Gasteiger partial charge in [-0.25, -0.2) is 0 Å². The minimum atomic E-state index is -1.20. The van der Waals surface area contributed by atoms with E-state index in [9.17, 15) is 24.7 Å². The first kappa shape index (κ1) is 67.6. The quantitative estimate of drug-likeness (QED) is 0.0143. The zero-order valence-electron chi connectivity index (χ0n) is 48.4. The second kappa shape index (κ2) is 44.5. The highest BCUT2D eigenvalue weighted by Gasteiger charge is 2.55. The van der Waals surface area contributed by atoms with Crippen LogP contribution >= 0.6 is 11.8 Å². The van der Waals surface area contributed by atoms with Crippen LogP contribution in [0.5, 0.6) is 0 Å². The number of esters is 4. The van der Waals surface area contributed by atoms with Crippen LogP contribution in [-0.4, -0.2) is 71.6 Å². The maximum absolute atomic E-state index is 14.1. The summed E-state index contributed by atoms with van der Waals surface area (Å²) >= 11 is 1.48. The third-order valence-corrected chi connectivity index (χ3v) is 17.2. The average Bonchev–Trinajstić information content (AvgIpc) is 3.66. The molecule has 0 radical (unpaired) electrons. The number of rotatable bonds is 48. The Bertz CT molecular complexity index is 1490. The number of carbonyl (C=O) groups is 4. The van der Waals surface area contributed by atoms with E-state index in [0.717, 1.165) is 77.0 Å². The maximum atomic E-state index is 14.1. The predicted octanol–water partition coefficient (Wildman–Crippen LogP) is 18.3. The van der Waals surface area contributed by atoms with Crippen LogP contribution in [0.1, 0.15) is 311 Å². The van der Waals surface area contributed by atoms with Crippen LogP contribution in [0.3, 0.4) is 0 Å². The summed E-state index contributed by atoms with van der Waals surface area (Å²) in [7, 11) is 0. The average molecular weight is 1060 g/mol. The van der Waals surface area contributed by atoms with E-state index in [0.29, 0.717) is 38.5 Å². The molecule has 2 rings (SSSR count). The lowest BCUT2D eigenvalue weighted by Gasteiger charge is -2.45. The Morgan fingerprint density at radius 3 is 1.18 bits per heavy atom. The number of azide groups is 1. The van der Waals surface area contributed by atoms with Crippen molar-refractivity contribution >= 4 is 35.6 Å². The molecule has 12 nitrogen and oxygen atoms in total. The van der Waals surface area contributed by atoms with Gasteiger partial charge in [-0.2, -0.15) is 0 Å². The molecule has 430 valence electrons. The molecule has 0 amide bonds. The standard InChI is InChI=1S/C61H111N3O9S/c1-7-11-15-19-23-27-31-35-39-43-53(65)69-49-51-57(71-54(66)44-40-36-32-28-24-20-16-12-8-2)58(72-55(67)45-41-37-33-29-25-21-17-13-9-3)59(73-56(68)46-42-38-34-30-26-22-18-14-10-4)60(70-51)74-52-47-50(63-64-62)48-61(52,5)6/h50-52,57-60H,7-49H2,1-6H3/t50-,51+,52+,57-,58-,59+,60-/m0/s1. The highest BCUT2D eigenvalue weighted by Crippen LogP contribution is 2.49. The lowest BCUT2D eigenvalue weighted by atomic mass is 9.91. The number of thioether (sulfide) groups is 1. The van der Waals surface area contributed by atoms with Crippen LogP contribution in [0.2, 0.25) is 0 Å². The van der Waals surface area contributed by atoms with E-state index in [1.807, 2.05) is 0 Å². The Balaban J connectivity index is 2.42. The summed E-state index contributed by atoms with van der Waals surface area (Å²) in [4.78, 5) is 58.7. The summed E-state index contributed by atoms with van der Waals surface area (Å²) in [5.74, 6) is -1.68. The molecule has 1 heterocycles. The molecule has 0 N–H and O–H groups in total. The van der Waals surface area contributed by atoms with Gasteiger partial charge >= 0.3 is 23.9 Å². The molecular weight excluding hydrogens is 951 g/mol. The number of hydrogen-bond acceptors (Lipinski definition) is 11. The maximum Gasteiger partial charge on any atom is 0.306 e. The normalized spacial score (nSPS) is 21.2. The summed E-state index contributed by atoms with van der Waals surface area (Å²) in [6, 6.07) is -0.221. The van der Waals surface area contributed by atoms with Gasteiger partial charge in [0.1, 0.15) is 18.1 Å². The van der Waals surface area contributed by atoms with Gasteiger partial charge in [0.05, 0.1) is 0 Å². The zero-order valence-corrected chi connectivity index (χ0v) is 49.2. The van der Waals surface area contributed by atoms with Crippen molar-refractivity contribution in [3.05, 3.63) is 10.4 Å². The van der Waals surface area contributed by atoms with Gasteiger partial charge in [0, 0.05) is 41.9 Å². The monoisotopic (exact) mass is 1060 g/mol. The number of unbranched alkanes of at least 4 members (excludes halogenated alkanes) is 32. The first-order valence-electron chi connectivity index (χ1n) is 31.1. The fourth-order valence-electron chi connectivity index (χ4n) is 10.7. The van der Waals surface area contributed by atoms with Crippen molar-refractivity contribution in [2.24, 2.45) is 10.5 Å². The summed E-state index contributed by atoms with van der Waals surface area (Å²) in [6.45, 7) is 13.0. The molecule has 7 atom stereocenters. The van der Waals surface area contributed by atoms with Gasteiger partial charge < -0.3 is 23.7 Å². The molecular formula is C61H111N3O9S. The second-order valence-electron chi connectivity index (χ2n) is 22.8. The molecule has 0 aromatic heterocycles. The second-order valence-corrected chi connectivity index (χ2v) is 24.1. The van der Waals surface area contributed by atoms with Crippen molar-refractivity contribution in [1.82, 2.24) is 0 Å². The summed E-state index contributed by atoms with van der Waals surface area (Å²) in [6.07, 6.45) is 37.4. The van der Waals surface area contributed by atoms with Crippen molar-refractivity contribution in [2.75, 3.05) is 6.61 Å². The highest BCUT2D eigenvalue weighted by molar-refractivity contribution is 8.00. The fraction of sp³-hybridized carbons (Fsp3) is 0.934. The highest BCUT2D eigenvalue weighted by atomic mass is 32.2. The third-order valence-electron chi connectivity index (χ3n) is 15.4. The summed E-state index contributed by atoms with van der Waals surface area (Å²) < 4.78 is 32.2. The Morgan fingerprint density at radius 2 is 0.811 bits per heavy atom. The molecule has 0 bridgehead atoms. The molecule has 1 saturated heterocycles.